The Morgan fingerprint density at radius 3 is 2.38 bits per heavy atom. The van der Waals surface area contributed by atoms with Crippen LogP contribution in [0.4, 0.5) is 5.82 Å². The zero-order valence-electron chi connectivity index (χ0n) is 19.0. The Bertz CT molecular complexity index is 1150. The summed E-state index contributed by atoms with van der Waals surface area (Å²) in [7, 11) is 1.57. The van der Waals surface area contributed by atoms with Crippen LogP contribution in [0.3, 0.4) is 0 Å². The van der Waals surface area contributed by atoms with Crippen LogP contribution in [-0.4, -0.2) is 36.1 Å². The molecule has 3 rings (SSSR count). The number of carbonyl (C=O) groups excluding carboxylic acids is 3. The first-order valence-electron chi connectivity index (χ1n) is 10.5. The third kappa shape index (κ3) is 6.80. The van der Waals surface area contributed by atoms with E-state index in [1.807, 2.05) is 0 Å². The van der Waals surface area contributed by atoms with Crippen LogP contribution >= 0.6 is 0 Å². The maximum Gasteiger partial charge on any atom is 0.329 e. The third-order valence-electron chi connectivity index (χ3n) is 4.71. The van der Waals surface area contributed by atoms with Gasteiger partial charge in [-0.25, -0.2) is 4.79 Å². The summed E-state index contributed by atoms with van der Waals surface area (Å²) in [5.41, 5.74) is 1.25. The number of hydrogen-bond donors (Lipinski definition) is 2. The van der Waals surface area contributed by atoms with E-state index in [0.29, 0.717) is 17.1 Å². The molecule has 0 saturated heterocycles. The monoisotopic (exact) mass is 463 g/mol. The molecule has 2 amide bonds. The van der Waals surface area contributed by atoms with Crippen LogP contribution in [-0.2, 0) is 19.1 Å². The Hall–Kier alpha value is -4.40. The smallest absolute Gasteiger partial charge is 0.329 e. The summed E-state index contributed by atoms with van der Waals surface area (Å²) < 4.78 is 15.5. The van der Waals surface area contributed by atoms with Crippen molar-refractivity contribution < 1.29 is 28.4 Å². The molecule has 0 aliphatic carbocycles. The number of anilines is 1. The van der Waals surface area contributed by atoms with Gasteiger partial charge in [0.05, 0.1) is 7.11 Å². The molecule has 34 heavy (non-hydrogen) atoms. The van der Waals surface area contributed by atoms with Crippen molar-refractivity contribution in [3.8, 4) is 5.75 Å². The quantitative estimate of drug-likeness (QED) is 0.368. The SMILES string of the molecule is COc1ccc(/C=C/C(=O)N[C@@H](C)C(=O)OC(C(=O)Nc2cc(C)on2)c2ccccc2)cc1. The molecule has 2 atom stereocenters. The average Bonchev–Trinajstić information content (AvgIpc) is 3.26. The molecule has 3 aromatic rings. The number of methoxy groups -OCH3 is 1. The van der Waals surface area contributed by atoms with Crippen molar-refractivity contribution in [2.45, 2.75) is 26.0 Å². The van der Waals surface area contributed by atoms with Gasteiger partial charge in [0.15, 0.2) is 5.82 Å². The summed E-state index contributed by atoms with van der Waals surface area (Å²) in [6.07, 6.45) is 1.66. The number of rotatable bonds is 9. The lowest BCUT2D eigenvalue weighted by molar-refractivity contribution is -0.157. The largest absolute Gasteiger partial charge is 0.497 e. The Morgan fingerprint density at radius 1 is 1.06 bits per heavy atom. The second kappa shape index (κ2) is 11.5. The molecule has 0 aliphatic rings. The first-order chi connectivity index (χ1) is 16.4. The molecule has 9 heteroatoms. The lowest BCUT2D eigenvalue weighted by atomic mass is 10.1. The molecule has 0 radical (unpaired) electrons. The van der Waals surface area contributed by atoms with E-state index in [0.717, 1.165) is 5.56 Å². The highest BCUT2D eigenvalue weighted by atomic mass is 16.5. The lowest BCUT2D eigenvalue weighted by Gasteiger charge is -2.20. The van der Waals surface area contributed by atoms with E-state index in [4.69, 9.17) is 14.0 Å². The average molecular weight is 463 g/mol. The Kier molecular flexibility index (Phi) is 8.17. The van der Waals surface area contributed by atoms with Gasteiger partial charge < -0.3 is 24.6 Å². The molecule has 9 nitrogen and oxygen atoms in total. The van der Waals surface area contributed by atoms with E-state index >= 15 is 0 Å². The standard InChI is InChI=1S/C25H25N3O6/c1-16-15-21(28-34-16)27-24(30)23(19-7-5-4-6-8-19)33-25(31)17(2)26-22(29)14-11-18-9-12-20(32-3)13-10-18/h4-15,17,23H,1-3H3,(H,26,29)(H,27,28,30)/b14-11+/t17-,23?/m0/s1. The van der Waals surface area contributed by atoms with Gasteiger partial charge in [0.2, 0.25) is 12.0 Å². The minimum absolute atomic E-state index is 0.199. The number of amides is 2. The number of aromatic nitrogens is 1. The van der Waals surface area contributed by atoms with Crippen LogP contribution in [0.2, 0.25) is 0 Å². The van der Waals surface area contributed by atoms with E-state index in [9.17, 15) is 14.4 Å². The van der Waals surface area contributed by atoms with Crippen molar-refractivity contribution >= 4 is 29.7 Å². The molecule has 1 unspecified atom stereocenters. The minimum atomic E-state index is -1.25. The second-order valence-corrected chi connectivity index (χ2v) is 7.38. The van der Waals surface area contributed by atoms with Crippen LogP contribution in [0.1, 0.15) is 29.9 Å². The molecule has 2 aromatic carbocycles. The Labute approximate surface area is 196 Å². The van der Waals surface area contributed by atoms with Gasteiger partial charge in [0.1, 0.15) is 17.6 Å². The maximum absolute atomic E-state index is 12.8. The molecule has 0 saturated carbocycles. The molecule has 176 valence electrons. The summed E-state index contributed by atoms with van der Waals surface area (Å²) in [6.45, 7) is 3.16. The van der Waals surface area contributed by atoms with Crippen LogP contribution in [0.25, 0.3) is 6.08 Å². The first kappa shape index (κ1) is 24.2. The van der Waals surface area contributed by atoms with Gasteiger partial charge in [0, 0.05) is 17.7 Å². The number of esters is 1. The zero-order chi connectivity index (χ0) is 24.5. The first-order valence-corrected chi connectivity index (χ1v) is 10.5. The number of carbonyl (C=O) groups is 3. The van der Waals surface area contributed by atoms with Gasteiger partial charge in [-0.1, -0.05) is 47.6 Å². The minimum Gasteiger partial charge on any atom is -0.497 e. The van der Waals surface area contributed by atoms with Crippen molar-refractivity contribution in [1.29, 1.82) is 0 Å². The molecular weight excluding hydrogens is 438 g/mol. The maximum atomic E-state index is 12.8. The van der Waals surface area contributed by atoms with Crippen molar-refractivity contribution in [2.24, 2.45) is 0 Å². The molecule has 0 spiro atoms. The fraction of sp³-hybridized carbons (Fsp3) is 0.200. The van der Waals surface area contributed by atoms with Gasteiger partial charge in [-0.15, -0.1) is 0 Å². The molecule has 0 fully saturated rings. The summed E-state index contributed by atoms with van der Waals surface area (Å²) in [5, 5.41) is 8.82. The number of hydrogen-bond acceptors (Lipinski definition) is 7. The van der Waals surface area contributed by atoms with Gasteiger partial charge in [-0.05, 0) is 37.6 Å². The Morgan fingerprint density at radius 2 is 1.76 bits per heavy atom. The van der Waals surface area contributed by atoms with Gasteiger partial charge >= 0.3 is 5.97 Å². The van der Waals surface area contributed by atoms with E-state index < -0.39 is 29.9 Å². The number of nitrogens with one attached hydrogen (secondary N) is 2. The highest BCUT2D eigenvalue weighted by Gasteiger charge is 2.28. The molecule has 1 heterocycles. The van der Waals surface area contributed by atoms with Gasteiger partial charge in [-0.2, -0.15) is 0 Å². The van der Waals surface area contributed by atoms with E-state index in [1.54, 1.807) is 80.8 Å². The topological polar surface area (TPSA) is 120 Å². The van der Waals surface area contributed by atoms with Crippen LogP contribution in [0.5, 0.6) is 5.75 Å². The van der Waals surface area contributed by atoms with E-state index in [2.05, 4.69) is 15.8 Å². The second-order valence-electron chi connectivity index (χ2n) is 7.38. The lowest BCUT2D eigenvalue weighted by Crippen LogP contribution is -2.40. The summed E-state index contributed by atoms with van der Waals surface area (Å²) in [5.74, 6) is -0.447. The van der Waals surface area contributed by atoms with Crippen LogP contribution in [0.15, 0.2) is 71.3 Å². The predicted octanol–water partition coefficient (Wildman–Crippen LogP) is 3.43. The van der Waals surface area contributed by atoms with Crippen molar-refractivity contribution in [3.05, 3.63) is 83.6 Å². The predicted molar refractivity (Wildman–Crippen MR) is 125 cm³/mol. The summed E-state index contributed by atoms with van der Waals surface area (Å²) >= 11 is 0. The molecule has 0 aliphatic heterocycles. The number of benzene rings is 2. The van der Waals surface area contributed by atoms with Gasteiger partial charge in [0.25, 0.3) is 5.91 Å². The Balaban J connectivity index is 1.63. The fourth-order valence-corrected chi connectivity index (χ4v) is 2.94. The van der Waals surface area contributed by atoms with Crippen LogP contribution in [0, 0.1) is 6.92 Å². The summed E-state index contributed by atoms with van der Waals surface area (Å²) in [6, 6.07) is 16.2. The van der Waals surface area contributed by atoms with E-state index in [-0.39, 0.29) is 5.82 Å². The molecule has 2 N–H and O–H groups in total. The molecule has 0 bridgehead atoms. The van der Waals surface area contributed by atoms with E-state index in [1.165, 1.54) is 13.0 Å². The zero-order valence-corrected chi connectivity index (χ0v) is 19.0. The van der Waals surface area contributed by atoms with Crippen molar-refractivity contribution in [1.82, 2.24) is 10.5 Å². The van der Waals surface area contributed by atoms with Crippen LogP contribution < -0.4 is 15.4 Å². The number of aryl methyl sites for hydroxylation is 1. The van der Waals surface area contributed by atoms with Crippen molar-refractivity contribution in [2.75, 3.05) is 12.4 Å². The number of ether oxygens (including phenoxy) is 2. The highest BCUT2D eigenvalue weighted by molar-refractivity contribution is 5.97. The summed E-state index contributed by atoms with van der Waals surface area (Å²) in [4.78, 5) is 37.8. The number of nitrogens with zero attached hydrogens (tertiary/aromatic N) is 1. The van der Waals surface area contributed by atoms with Gasteiger partial charge in [-0.3, -0.25) is 9.59 Å². The van der Waals surface area contributed by atoms with Crippen molar-refractivity contribution in [3.63, 3.8) is 0 Å². The fourth-order valence-electron chi connectivity index (χ4n) is 2.94. The highest BCUT2D eigenvalue weighted by Crippen LogP contribution is 2.21. The third-order valence-corrected chi connectivity index (χ3v) is 4.71. The molecular formula is C25H25N3O6. The normalized spacial score (nSPS) is 12.6. The molecule has 1 aromatic heterocycles.